The fourth-order valence-electron chi connectivity index (χ4n) is 2.39. The van der Waals surface area contributed by atoms with Crippen LogP contribution in [-0.4, -0.2) is 59.8 Å². The molecule has 0 aromatic carbocycles. The van der Waals surface area contributed by atoms with E-state index in [0.717, 1.165) is 25.8 Å². The molecule has 0 bridgehead atoms. The molecule has 0 saturated carbocycles. The van der Waals surface area contributed by atoms with Gasteiger partial charge in [-0.3, -0.25) is 9.59 Å². The molecule has 1 amide bonds. The molecule has 1 atom stereocenters. The third-order valence-corrected chi connectivity index (χ3v) is 3.64. The second-order valence-corrected chi connectivity index (χ2v) is 5.00. The van der Waals surface area contributed by atoms with Crippen LogP contribution in [0.25, 0.3) is 0 Å². The van der Waals surface area contributed by atoms with Gasteiger partial charge in [0.1, 0.15) is 0 Å². The van der Waals surface area contributed by atoms with Gasteiger partial charge in [0.2, 0.25) is 0 Å². The van der Waals surface area contributed by atoms with E-state index in [1.807, 2.05) is 19.0 Å². The van der Waals surface area contributed by atoms with Crippen LogP contribution in [-0.2, 0) is 7.05 Å². The topological polar surface area (TPSA) is 45.5 Å². The van der Waals surface area contributed by atoms with Crippen LogP contribution in [0.3, 0.4) is 0 Å². The minimum absolute atomic E-state index is 0.0398. The molecule has 1 aliphatic rings. The Balaban J connectivity index is 2.15. The molecule has 0 N–H and O–H groups in total. The van der Waals surface area contributed by atoms with Crippen LogP contribution in [0.5, 0.6) is 0 Å². The van der Waals surface area contributed by atoms with Gasteiger partial charge in [-0.05, 0) is 26.6 Å². The summed E-state index contributed by atoms with van der Waals surface area (Å²) < 4.78 is 1.68. The molecule has 1 fully saturated rings. The van der Waals surface area contributed by atoms with Crippen molar-refractivity contribution in [1.29, 1.82) is 0 Å². The molecule has 0 unspecified atom stereocenters. The molecular weight excluding hydrogens is 230 g/mol. The van der Waals surface area contributed by atoms with Crippen LogP contribution in [0.4, 0.5) is 0 Å². The largest absolute Gasteiger partial charge is 0.348 e. The van der Waals surface area contributed by atoms with Gasteiger partial charge < -0.3 is 14.4 Å². The zero-order chi connectivity index (χ0) is 13.3. The summed E-state index contributed by atoms with van der Waals surface area (Å²) in [6.07, 6.45) is 3.48. The lowest BCUT2D eigenvalue weighted by Crippen LogP contribution is -2.34. The maximum atomic E-state index is 12.3. The molecule has 0 radical (unpaired) electrons. The van der Waals surface area contributed by atoms with Crippen molar-refractivity contribution < 1.29 is 9.59 Å². The number of hydrogen-bond donors (Lipinski definition) is 0. The van der Waals surface area contributed by atoms with E-state index >= 15 is 0 Å². The first kappa shape index (κ1) is 12.8. The number of likely N-dealkylation sites (N-methyl/N-ethyl adjacent to an activating group) is 1. The van der Waals surface area contributed by atoms with Crippen molar-refractivity contribution in [3.05, 3.63) is 23.5 Å². The quantitative estimate of drug-likeness (QED) is 0.737. The lowest BCUT2D eigenvalue weighted by atomic mass is 10.2. The number of aromatic nitrogens is 1. The minimum atomic E-state index is -0.0398. The van der Waals surface area contributed by atoms with Crippen LogP contribution in [0.1, 0.15) is 27.3 Å². The van der Waals surface area contributed by atoms with Gasteiger partial charge in [0.05, 0.1) is 11.3 Å². The Morgan fingerprint density at radius 1 is 1.50 bits per heavy atom. The maximum Gasteiger partial charge on any atom is 0.256 e. The molecule has 98 valence electrons. The van der Waals surface area contributed by atoms with Gasteiger partial charge in [0.15, 0.2) is 6.29 Å². The van der Waals surface area contributed by atoms with Crippen LogP contribution in [0, 0.1) is 0 Å². The van der Waals surface area contributed by atoms with Gasteiger partial charge >= 0.3 is 0 Å². The van der Waals surface area contributed by atoms with Gasteiger partial charge in [-0.25, -0.2) is 0 Å². The molecule has 5 heteroatoms. The van der Waals surface area contributed by atoms with E-state index in [1.165, 1.54) is 0 Å². The van der Waals surface area contributed by atoms with E-state index in [9.17, 15) is 9.59 Å². The number of likely N-dealkylation sites (tertiary alicyclic amines) is 1. The predicted octanol–water partition coefficient (Wildman–Crippen LogP) is 0.614. The van der Waals surface area contributed by atoms with Crippen molar-refractivity contribution in [2.75, 3.05) is 27.2 Å². The van der Waals surface area contributed by atoms with Crippen LogP contribution >= 0.6 is 0 Å². The number of rotatable bonds is 3. The summed E-state index contributed by atoms with van der Waals surface area (Å²) in [4.78, 5) is 27.3. The average Bonchev–Trinajstić information content (AvgIpc) is 2.94. The molecule has 0 aliphatic carbocycles. The van der Waals surface area contributed by atoms with Gasteiger partial charge in [-0.2, -0.15) is 0 Å². The van der Waals surface area contributed by atoms with Crippen molar-refractivity contribution in [3.8, 4) is 0 Å². The normalized spacial score (nSPS) is 19.6. The zero-order valence-corrected chi connectivity index (χ0v) is 11.1. The van der Waals surface area contributed by atoms with Crippen molar-refractivity contribution in [1.82, 2.24) is 14.4 Å². The highest BCUT2D eigenvalue weighted by molar-refractivity contribution is 6.01. The first-order valence-electron chi connectivity index (χ1n) is 6.10. The number of nitrogens with zero attached hydrogens (tertiary/aromatic N) is 3. The highest BCUT2D eigenvalue weighted by Gasteiger charge is 2.29. The number of aldehydes is 1. The maximum absolute atomic E-state index is 12.3. The summed E-state index contributed by atoms with van der Waals surface area (Å²) in [5.74, 6) is -0.0398. The standard InChI is InChI=1S/C13H19N3O2/c1-14(2)10-4-7-16(8-10)13(18)11-5-6-15(3)12(11)9-17/h5-6,9-10H,4,7-8H2,1-3H3/t10-/m1/s1. The Morgan fingerprint density at radius 3 is 2.78 bits per heavy atom. The summed E-state index contributed by atoms with van der Waals surface area (Å²) in [7, 11) is 5.82. The highest BCUT2D eigenvalue weighted by atomic mass is 16.2. The van der Waals surface area contributed by atoms with E-state index < -0.39 is 0 Å². The first-order chi connectivity index (χ1) is 8.54. The fourth-order valence-corrected chi connectivity index (χ4v) is 2.39. The van der Waals surface area contributed by atoms with Gasteiger partial charge in [0, 0.05) is 32.4 Å². The van der Waals surface area contributed by atoms with Crippen molar-refractivity contribution in [2.24, 2.45) is 7.05 Å². The summed E-state index contributed by atoms with van der Waals surface area (Å²) >= 11 is 0. The van der Waals surface area contributed by atoms with Crippen molar-refractivity contribution in [2.45, 2.75) is 12.5 Å². The van der Waals surface area contributed by atoms with E-state index in [0.29, 0.717) is 17.3 Å². The van der Waals surface area contributed by atoms with E-state index in [4.69, 9.17) is 0 Å². The Kier molecular flexibility index (Phi) is 3.52. The molecule has 5 nitrogen and oxygen atoms in total. The van der Waals surface area contributed by atoms with Crippen molar-refractivity contribution in [3.63, 3.8) is 0 Å². The third kappa shape index (κ3) is 2.18. The average molecular weight is 249 g/mol. The number of hydrogen-bond acceptors (Lipinski definition) is 3. The Bertz CT molecular complexity index is 465. The molecule has 1 saturated heterocycles. The van der Waals surface area contributed by atoms with Gasteiger partial charge in [-0.15, -0.1) is 0 Å². The number of carbonyl (C=O) groups excluding carboxylic acids is 2. The smallest absolute Gasteiger partial charge is 0.256 e. The first-order valence-corrected chi connectivity index (χ1v) is 6.10. The zero-order valence-electron chi connectivity index (χ0n) is 11.1. The lowest BCUT2D eigenvalue weighted by Gasteiger charge is -2.20. The van der Waals surface area contributed by atoms with Crippen LogP contribution in [0.15, 0.2) is 12.3 Å². The molecule has 1 aliphatic heterocycles. The third-order valence-electron chi connectivity index (χ3n) is 3.64. The predicted molar refractivity (Wildman–Crippen MR) is 68.8 cm³/mol. The van der Waals surface area contributed by atoms with E-state index in [-0.39, 0.29) is 5.91 Å². The van der Waals surface area contributed by atoms with Crippen LogP contribution < -0.4 is 0 Å². The summed E-state index contributed by atoms with van der Waals surface area (Å²) in [6.45, 7) is 1.49. The monoisotopic (exact) mass is 249 g/mol. The summed E-state index contributed by atoms with van der Waals surface area (Å²) in [5.41, 5.74) is 0.959. The molecule has 1 aromatic heterocycles. The number of aryl methyl sites for hydroxylation is 1. The molecule has 2 rings (SSSR count). The SMILES string of the molecule is CN(C)[C@@H]1CCN(C(=O)c2ccn(C)c2C=O)C1. The van der Waals surface area contributed by atoms with E-state index in [2.05, 4.69) is 4.90 Å². The molecule has 18 heavy (non-hydrogen) atoms. The lowest BCUT2D eigenvalue weighted by molar-refractivity contribution is 0.0779. The highest BCUT2D eigenvalue weighted by Crippen LogP contribution is 2.18. The fraction of sp³-hybridized carbons (Fsp3) is 0.538. The van der Waals surface area contributed by atoms with Crippen molar-refractivity contribution >= 4 is 12.2 Å². The summed E-state index contributed by atoms with van der Waals surface area (Å²) in [6, 6.07) is 2.13. The molecule has 1 aromatic rings. The Hall–Kier alpha value is -1.62. The molecule has 0 spiro atoms. The van der Waals surface area contributed by atoms with Crippen LogP contribution in [0.2, 0.25) is 0 Å². The second kappa shape index (κ2) is 4.94. The van der Waals surface area contributed by atoms with E-state index in [1.54, 1.807) is 23.9 Å². The molecular formula is C13H19N3O2. The number of amides is 1. The van der Waals surface area contributed by atoms with Gasteiger partial charge in [0.25, 0.3) is 5.91 Å². The minimum Gasteiger partial charge on any atom is -0.348 e. The Morgan fingerprint density at radius 2 is 2.22 bits per heavy atom. The number of carbonyl (C=O) groups is 2. The van der Waals surface area contributed by atoms with Gasteiger partial charge in [-0.1, -0.05) is 0 Å². The molecule has 2 heterocycles. The Labute approximate surface area is 107 Å². The second-order valence-electron chi connectivity index (χ2n) is 5.00. The summed E-state index contributed by atoms with van der Waals surface area (Å²) in [5, 5.41) is 0.